The summed E-state index contributed by atoms with van der Waals surface area (Å²) in [6.07, 6.45) is 2.77. The van der Waals surface area contributed by atoms with Gasteiger partial charge >= 0.3 is 11.9 Å². The van der Waals surface area contributed by atoms with Crippen LogP contribution in [0, 0.1) is 0 Å². The van der Waals surface area contributed by atoms with E-state index >= 15 is 0 Å². The molecular formula is C12H11N3O5. The van der Waals surface area contributed by atoms with E-state index in [2.05, 4.69) is 10.2 Å². The lowest BCUT2D eigenvalue weighted by Gasteiger charge is -1.95. The van der Waals surface area contributed by atoms with Gasteiger partial charge in [0, 0.05) is 17.5 Å². The lowest BCUT2D eigenvalue weighted by atomic mass is 10.1. The number of aromatic amines is 1. The molecule has 1 heterocycles. The zero-order chi connectivity index (χ0) is 15.1. The molecule has 104 valence electrons. The van der Waals surface area contributed by atoms with Gasteiger partial charge in [-0.1, -0.05) is 12.1 Å². The van der Waals surface area contributed by atoms with Gasteiger partial charge in [0.15, 0.2) is 0 Å². The van der Waals surface area contributed by atoms with E-state index in [1.807, 2.05) is 6.07 Å². The van der Waals surface area contributed by atoms with Crippen LogP contribution in [0.25, 0.3) is 10.9 Å². The van der Waals surface area contributed by atoms with Crippen LogP contribution in [0.2, 0.25) is 0 Å². The summed E-state index contributed by atoms with van der Waals surface area (Å²) in [6, 6.07) is 5.31. The van der Waals surface area contributed by atoms with Crippen molar-refractivity contribution in [1.29, 1.82) is 0 Å². The first-order valence-corrected chi connectivity index (χ1v) is 5.27. The molecule has 1 aromatic carbocycles. The van der Waals surface area contributed by atoms with Crippen molar-refractivity contribution in [2.24, 2.45) is 5.73 Å². The van der Waals surface area contributed by atoms with Crippen molar-refractivity contribution < 1.29 is 24.6 Å². The van der Waals surface area contributed by atoms with Crippen LogP contribution in [0.1, 0.15) is 10.4 Å². The molecule has 1 amide bonds. The summed E-state index contributed by atoms with van der Waals surface area (Å²) in [5, 5.41) is 23.0. The van der Waals surface area contributed by atoms with Crippen LogP contribution in [-0.4, -0.2) is 38.3 Å². The zero-order valence-electron chi connectivity index (χ0n) is 10.1. The molecule has 5 N–H and O–H groups in total. The lowest BCUT2D eigenvalue weighted by molar-refractivity contribution is -0.134. The summed E-state index contributed by atoms with van der Waals surface area (Å²) in [5.74, 6) is -2.95. The highest BCUT2D eigenvalue weighted by Crippen LogP contribution is 2.14. The number of amides is 1. The predicted octanol–water partition coefficient (Wildman–Crippen LogP) is 0.374. The Bertz CT molecular complexity index is 659. The quantitative estimate of drug-likeness (QED) is 0.596. The predicted molar refractivity (Wildman–Crippen MR) is 69.0 cm³/mol. The number of aliphatic carboxylic acids is 2. The maximum Gasteiger partial charge on any atom is 0.328 e. The number of carbonyl (C=O) groups is 3. The molecule has 2 rings (SSSR count). The fourth-order valence-corrected chi connectivity index (χ4v) is 1.32. The van der Waals surface area contributed by atoms with E-state index in [1.165, 1.54) is 0 Å². The van der Waals surface area contributed by atoms with Crippen molar-refractivity contribution >= 4 is 28.7 Å². The van der Waals surface area contributed by atoms with E-state index in [-0.39, 0.29) is 0 Å². The second-order valence-electron chi connectivity index (χ2n) is 3.51. The maximum absolute atomic E-state index is 10.9. The average Bonchev–Trinajstić information content (AvgIpc) is 2.84. The normalized spacial score (nSPS) is 10.0. The molecule has 1 aromatic heterocycles. The number of para-hydroxylation sites is 1. The number of carboxylic acid groups (broad SMARTS) is 2. The fraction of sp³-hybridized carbons (Fsp3) is 0. The number of primary amides is 1. The van der Waals surface area contributed by atoms with Crippen molar-refractivity contribution in [2.75, 3.05) is 0 Å². The Labute approximate surface area is 112 Å². The van der Waals surface area contributed by atoms with Crippen molar-refractivity contribution in [1.82, 2.24) is 10.2 Å². The van der Waals surface area contributed by atoms with E-state index in [1.54, 1.807) is 18.3 Å². The second kappa shape index (κ2) is 6.69. The molecule has 20 heavy (non-hydrogen) atoms. The molecule has 8 heteroatoms. The van der Waals surface area contributed by atoms with Gasteiger partial charge in [-0.3, -0.25) is 9.89 Å². The van der Waals surface area contributed by atoms with Crippen LogP contribution in [-0.2, 0) is 9.59 Å². The number of carbonyl (C=O) groups excluding carboxylic acids is 1. The van der Waals surface area contributed by atoms with Gasteiger partial charge in [-0.15, -0.1) is 0 Å². The molecule has 0 aliphatic heterocycles. The minimum Gasteiger partial charge on any atom is -0.478 e. The Morgan fingerprint density at radius 1 is 1.15 bits per heavy atom. The Kier molecular flexibility index (Phi) is 4.98. The fourth-order valence-electron chi connectivity index (χ4n) is 1.32. The van der Waals surface area contributed by atoms with E-state index in [0.29, 0.717) is 23.2 Å². The highest BCUT2D eigenvalue weighted by Gasteiger charge is 2.06. The number of hydrogen-bond donors (Lipinski definition) is 4. The summed E-state index contributed by atoms with van der Waals surface area (Å²) in [6.45, 7) is 0. The summed E-state index contributed by atoms with van der Waals surface area (Å²) in [4.78, 5) is 30.0. The van der Waals surface area contributed by atoms with Gasteiger partial charge in [0.25, 0.3) is 5.91 Å². The Morgan fingerprint density at radius 2 is 1.75 bits per heavy atom. The van der Waals surface area contributed by atoms with E-state index in [9.17, 15) is 14.4 Å². The molecule has 0 aliphatic carbocycles. The number of nitrogens with zero attached hydrogens (tertiary/aromatic N) is 1. The van der Waals surface area contributed by atoms with Crippen molar-refractivity contribution in [3.63, 3.8) is 0 Å². The Balaban J connectivity index is 0.000000221. The van der Waals surface area contributed by atoms with E-state index < -0.39 is 17.8 Å². The second-order valence-corrected chi connectivity index (χ2v) is 3.51. The summed E-state index contributed by atoms with van der Waals surface area (Å²) >= 11 is 0. The summed E-state index contributed by atoms with van der Waals surface area (Å²) < 4.78 is 0. The molecule has 0 aliphatic rings. The molecule has 0 radical (unpaired) electrons. The number of fused-ring (bicyclic) bond motifs is 1. The molecule has 0 saturated carbocycles. The molecule has 0 fully saturated rings. The third-order valence-corrected chi connectivity index (χ3v) is 2.11. The van der Waals surface area contributed by atoms with Crippen LogP contribution < -0.4 is 5.73 Å². The zero-order valence-corrected chi connectivity index (χ0v) is 10.1. The Morgan fingerprint density at radius 3 is 2.25 bits per heavy atom. The van der Waals surface area contributed by atoms with Gasteiger partial charge < -0.3 is 15.9 Å². The number of rotatable bonds is 3. The molecule has 2 aromatic rings. The van der Waals surface area contributed by atoms with Gasteiger partial charge in [-0.25, -0.2) is 9.59 Å². The Hall–Kier alpha value is -3.16. The first kappa shape index (κ1) is 14.9. The van der Waals surface area contributed by atoms with Crippen LogP contribution in [0.15, 0.2) is 36.5 Å². The van der Waals surface area contributed by atoms with E-state index in [4.69, 9.17) is 15.9 Å². The molecule has 8 nitrogen and oxygen atoms in total. The number of aromatic nitrogens is 2. The third-order valence-electron chi connectivity index (χ3n) is 2.11. The molecule has 0 saturated heterocycles. The smallest absolute Gasteiger partial charge is 0.328 e. The standard InChI is InChI=1S/C8H7N3O.C4H4O4/c9-8(12)6-3-1-2-5-4-10-11-7(5)6;5-3(6)1-2-4(7)8/h1-4H,(H2,9,12)(H,10,11);1-2H,(H,5,6)(H,7,8)/b;2-1+. The topological polar surface area (TPSA) is 146 Å². The maximum atomic E-state index is 10.9. The van der Waals surface area contributed by atoms with Gasteiger partial charge in [0.2, 0.25) is 0 Å². The first-order chi connectivity index (χ1) is 9.41. The van der Waals surface area contributed by atoms with Crippen molar-refractivity contribution in [3.05, 3.63) is 42.1 Å². The molecular weight excluding hydrogens is 266 g/mol. The molecule has 0 atom stereocenters. The molecule has 0 bridgehead atoms. The average molecular weight is 277 g/mol. The summed E-state index contributed by atoms with van der Waals surface area (Å²) in [7, 11) is 0. The minimum absolute atomic E-state index is 0.440. The van der Waals surface area contributed by atoms with Gasteiger partial charge in [-0.05, 0) is 6.07 Å². The highest BCUT2D eigenvalue weighted by atomic mass is 16.4. The number of hydrogen-bond acceptors (Lipinski definition) is 4. The number of carboxylic acids is 2. The minimum atomic E-state index is -1.26. The van der Waals surface area contributed by atoms with Gasteiger partial charge in [-0.2, -0.15) is 5.10 Å². The van der Waals surface area contributed by atoms with Crippen LogP contribution in [0.3, 0.4) is 0 Å². The molecule has 0 unspecified atom stereocenters. The van der Waals surface area contributed by atoms with Crippen LogP contribution in [0.5, 0.6) is 0 Å². The van der Waals surface area contributed by atoms with Gasteiger partial charge in [0.05, 0.1) is 17.3 Å². The number of benzene rings is 1. The number of nitrogens with one attached hydrogen (secondary N) is 1. The number of H-pyrrole nitrogens is 1. The number of nitrogens with two attached hydrogens (primary N) is 1. The first-order valence-electron chi connectivity index (χ1n) is 5.27. The monoisotopic (exact) mass is 277 g/mol. The van der Waals surface area contributed by atoms with Crippen molar-refractivity contribution in [2.45, 2.75) is 0 Å². The molecule has 0 spiro atoms. The SMILES string of the molecule is NC(=O)c1cccc2cn[nH]c12.O=C(O)/C=C/C(=O)O. The highest BCUT2D eigenvalue weighted by molar-refractivity contribution is 6.04. The lowest BCUT2D eigenvalue weighted by Crippen LogP contribution is -2.11. The van der Waals surface area contributed by atoms with Crippen molar-refractivity contribution in [3.8, 4) is 0 Å². The third kappa shape index (κ3) is 4.26. The van der Waals surface area contributed by atoms with Crippen LogP contribution in [0.4, 0.5) is 0 Å². The van der Waals surface area contributed by atoms with E-state index in [0.717, 1.165) is 5.39 Å². The summed E-state index contributed by atoms with van der Waals surface area (Å²) in [5.41, 5.74) is 6.33. The van der Waals surface area contributed by atoms with Crippen LogP contribution >= 0.6 is 0 Å². The largest absolute Gasteiger partial charge is 0.478 e. The van der Waals surface area contributed by atoms with Gasteiger partial charge in [0.1, 0.15) is 0 Å².